The number of aldehydes is 2. The minimum absolute atomic E-state index is 0.00450. The summed E-state index contributed by atoms with van der Waals surface area (Å²) in [6.45, 7) is 7.29. The van der Waals surface area contributed by atoms with Crippen LogP contribution in [-0.4, -0.2) is 76.5 Å². The van der Waals surface area contributed by atoms with E-state index in [0.29, 0.717) is 13.0 Å². The van der Waals surface area contributed by atoms with E-state index < -0.39 is 17.6 Å². The molecule has 0 bridgehead atoms. The minimum Gasteiger partial charge on any atom is -0.481 e. The van der Waals surface area contributed by atoms with Gasteiger partial charge in [0.15, 0.2) is 11.6 Å². The number of nitrogens with one attached hydrogen (secondary N) is 4. The summed E-state index contributed by atoms with van der Waals surface area (Å²) in [4.78, 5) is 50.4. The van der Waals surface area contributed by atoms with E-state index in [9.17, 15) is 28.0 Å². The molecular weight excluding hydrogens is 518 g/mol. The molecule has 0 radical (unpaired) electrons. The number of likely N-dealkylation sites (N-methyl/N-ethyl adjacent to an activating group) is 1. The third-order valence-electron chi connectivity index (χ3n) is 5.02. The lowest BCUT2D eigenvalue weighted by Crippen LogP contribution is -2.43. The third kappa shape index (κ3) is 20.8. The largest absolute Gasteiger partial charge is 0.481 e. The van der Waals surface area contributed by atoms with Crippen LogP contribution in [0.1, 0.15) is 51.5 Å². The lowest BCUT2D eigenvalue weighted by molar-refractivity contribution is -0.147. The third-order valence-corrected chi connectivity index (χ3v) is 5.02. The molecule has 0 aromatic heterocycles. The van der Waals surface area contributed by atoms with Gasteiger partial charge < -0.3 is 30.6 Å². The van der Waals surface area contributed by atoms with Gasteiger partial charge in [-0.15, -0.1) is 0 Å². The van der Waals surface area contributed by atoms with E-state index in [1.807, 2.05) is 27.8 Å². The second-order valence-electron chi connectivity index (χ2n) is 8.64. The molecular formula is C26H44F2N4O7. The summed E-state index contributed by atoms with van der Waals surface area (Å²) < 4.78 is 25.3. The summed E-state index contributed by atoms with van der Waals surface area (Å²) in [6.07, 6.45) is 3.37. The zero-order valence-corrected chi connectivity index (χ0v) is 23.6. The van der Waals surface area contributed by atoms with Crippen LogP contribution in [0.4, 0.5) is 8.78 Å². The van der Waals surface area contributed by atoms with Gasteiger partial charge in [0.05, 0.1) is 26.3 Å². The van der Waals surface area contributed by atoms with E-state index in [-0.39, 0.29) is 42.7 Å². The van der Waals surface area contributed by atoms with Crippen molar-refractivity contribution in [3.05, 3.63) is 35.4 Å². The number of hydrogen-bond donors (Lipinski definition) is 5. The van der Waals surface area contributed by atoms with Crippen molar-refractivity contribution in [2.24, 2.45) is 11.8 Å². The number of carbonyl (C=O) groups excluding carboxylic acids is 3. The van der Waals surface area contributed by atoms with E-state index in [1.54, 1.807) is 7.05 Å². The highest BCUT2D eigenvalue weighted by molar-refractivity contribution is 5.81. The van der Waals surface area contributed by atoms with Crippen molar-refractivity contribution in [1.82, 2.24) is 21.6 Å². The van der Waals surface area contributed by atoms with Gasteiger partial charge in [-0.2, -0.15) is 0 Å². The summed E-state index contributed by atoms with van der Waals surface area (Å²) in [5.74, 6) is -2.30. The molecule has 1 aliphatic rings. The Labute approximate surface area is 229 Å². The molecule has 0 saturated heterocycles. The summed E-state index contributed by atoms with van der Waals surface area (Å²) in [5, 5.41) is 16.3. The molecule has 224 valence electrons. The summed E-state index contributed by atoms with van der Waals surface area (Å²) in [5.41, 5.74) is 2.92. The van der Waals surface area contributed by atoms with Crippen LogP contribution in [0.3, 0.4) is 0 Å². The minimum atomic E-state index is -0.841. The fourth-order valence-corrected chi connectivity index (χ4v) is 2.78. The smallest absolute Gasteiger partial charge is 0.303 e. The molecule has 3 unspecified atom stereocenters. The SMILES string of the molecule is CCONOC.CNCC(=O)NC(C=O)C(C)C.CNCCCC(=O)O.O=CC1CC1c1ccc(F)c(F)c1. The molecule has 1 aromatic carbocycles. The van der Waals surface area contributed by atoms with Gasteiger partial charge >= 0.3 is 5.97 Å². The molecule has 39 heavy (non-hydrogen) atoms. The van der Waals surface area contributed by atoms with Crippen LogP contribution in [0.15, 0.2) is 18.2 Å². The quantitative estimate of drug-likeness (QED) is 0.129. The molecule has 5 N–H and O–H groups in total. The van der Waals surface area contributed by atoms with Gasteiger partial charge in [0.25, 0.3) is 0 Å². The Morgan fingerprint density at radius 3 is 2.21 bits per heavy atom. The molecule has 13 heteroatoms. The summed E-state index contributed by atoms with van der Waals surface area (Å²) in [7, 11) is 4.99. The van der Waals surface area contributed by atoms with Crippen LogP contribution < -0.4 is 21.6 Å². The van der Waals surface area contributed by atoms with Crippen molar-refractivity contribution >= 4 is 24.4 Å². The maximum Gasteiger partial charge on any atom is 0.303 e. The van der Waals surface area contributed by atoms with Crippen LogP contribution in [-0.2, 0) is 28.9 Å². The number of carboxylic acid groups (broad SMARTS) is 1. The Hall–Kier alpha value is -2.84. The van der Waals surface area contributed by atoms with Gasteiger partial charge in [0.2, 0.25) is 5.91 Å². The fraction of sp³-hybridized carbons (Fsp3) is 0.615. The summed E-state index contributed by atoms with van der Waals surface area (Å²) in [6, 6.07) is 3.44. The van der Waals surface area contributed by atoms with Crippen molar-refractivity contribution in [1.29, 1.82) is 0 Å². The highest BCUT2D eigenvalue weighted by atomic mass is 19.2. The lowest BCUT2D eigenvalue weighted by atomic mass is 10.1. The van der Waals surface area contributed by atoms with Gasteiger partial charge in [0.1, 0.15) is 12.6 Å². The average Bonchev–Trinajstić information content (AvgIpc) is 3.69. The van der Waals surface area contributed by atoms with E-state index in [4.69, 9.17) is 5.11 Å². The number of carbonyl (C=O) groups is 4. The Morgan fingerprint density at radius 2 is 1.82 bits per heavy atom. The first-order valence-electron chi connectivity index (χ1n) is 12.6. The number of benzene rings is 1. The van der Waals surface area contributed by atoms with E-state index in [2.05, 4.69) is 31.3 Å². The highest BCUT2D eigenvalue weighted by Gasteiger charge is 2.38. The fourth-order valence-electron chi connectivity index (χ4n) is 2.78. The predicted octanol–water partition coefficient (Wildman–Crippen LogP) is 1.97. The molecule has 1 fully saturated rings. The van der Waals surface area contributed by atoms with Crippen LogP contribution in [0.25, 0.3) is 0 Å². The molecule has 2 rings (SSSR count). The van der Waals surface area contributed by atoms with Crippen LogP contribution >= 0.6 is 0 Å². The number of carboxylic acids is 1. The second-order valence-corrected chi connectivity index (χ2v) is 8.64. The maximum absolute atomic E-state index is 12.7. The van der Waals surface area contributed by atoms with Crippen LogP contribution in [0.2, 0.25) is 0 Å². The zero-order chi connectivity index (χ0) is 30.2. The molecule has 1 aliphatic carbocycles. The van der Waals surface area contributed by atoms with Gasteiger partial charge in [-0.1, -0.05) is 25.6 Å². The van der Waals surface area contributed by atoms with E-state index >= 15 is 0 Å². The Morgan fingerprint density at radius 1 is 1.15 bits per heavy atom. The number of halogens is 2. The van der Waals surface area contributed by atoms with E-state index in [0.717, 1.165) is 37.2 Å². The van der Waals surface area contributed by atoms with E-state index in [1.165, 1.54) is 19.2 Å². The molecule has 1 aromatic rings. The number of hydrogen-bond acceptors (Lipinski definition) is 9. The standard InChI is InChI=1S/C10H8F2O.C8H16N2O2.C5H11NO2.C3H9NO2/c11-9-2-1-6(4-10(9)12)8-3-7(8)5-13;1-6(2)7(5-11)10-8(12)4-9-3;1-6-4-2-3-5(7)8;1-3-6-4-5-2/h1-2,4-5,7-8H,3H2;5-7,9H,4H2,1-3H3,(H,10,12);6H,2-4H2,1H3,(H,7,8);4H,3H2,1-2H3. The van der Waals surface area contributed by atoms with Gasteiger partial charge in [-0.05, 0) is 69.9 Å². The van der Waals surface area contributed by atoms with Gasteiger partial charge in [-0.25, -0.2) is 8.78 Å². The first-order chi connectivity index (χ1) is 18.5. The van der Waals surface area contributed by atoms with Crippen molar-refractivity contribution < 1.29 is 42.7 Å². The first-order valence-corrected chi connectivity index (χ1v) is 12.6. The lowest BCUT2D eigenvalue weighted by Gasteiger charge is -2.15. The predicted molar refractivity (Wildman–Crippen MR) is 143 cm³/mol. The second kappa shape index (κ2) is 24.2. The molecule has 1 amide bonds. The number of aliphatic carboxylic acids is 1. The molecule has 1 saturated carbocycles. The van der Waals surface area contributed by atoms with Crippen molar-refractivity contribution in [2.75, 3.05) is 40.9 Å². The number of amides is 1. The van der Waals surface area contributed by atoms with Crippen LogP contribution in [0.5, 0.6) is 0 Å². The monoisotopic (exact) mass is 562 g/mol. The molecule has 3 atom stereocenters. The van der Waals surface area contributed by atoms with Gasteiger partial charge in [0, 0.05) is 12.3 Å². The topological polar surface area (TPSA) is 155 Å². The molecule has 0 aliphatic heterocycles. The normalized spacial score (nSPS) is 15.7. The van der Waals surface area contributed by atoms with Gasteiger partial charge in [-0.3, -0.25) is 19.3 Å². The zero-order valence-electron chi connectivity index (χ0n) is 23.6. The van der Waals surface area contributed by atoms with Crippen molar-refractivity contribution in [3.8, 4) is 0 Å². The average molecular weight is 563 g/mol. The molecule has 11 nitrogen and oxygen atoms in total. The number of rotatable bonds is 14. The molecule has 0 heterocycles. The first kappa shape index (κ1) is 38.3. The molecule has 0 spiro atoms. The van der Waals surface area contributed by atoms with Crippen molar-refractivity contribution in [3.63, 3.8) is 0 Å². The Kier molecular flexibility index (Phi) is 23.8. The highest BCUT2D eigenvalue weighted by Crippen LogP contribution is 2.46. The summed E-state index contributed by atoms with van der Waals surface area (Å²) >= 11 is 0. The van der Waals surface area contributed by atoms with Crippen molar-refractivity contribution in [2.45, 2.75) is 52.0 Å². The Balaban J connectivity index is 0. The maximum atomic E-state index is 12.7. The Bertz CT molecular complexity index is 827. The van der Waals surface area contributed by atoms with Crippen LogP contribution in [0, 0.1) is 23.5 Å².